The first kappa shape index (κ1) is 26.2. The number of β-amino-alcohol motifs (C(OH)–C–C–N with tert-alkyl or cyclic N) is 1. The van der Waals surface area contributed by atoms with E-state index in [0.717, 1.165) is 0 Å². The number of alkyl halides is 6. The molecule has 37 heavy (non-hydrogen) atoms. The predicted octanol–water partition coefficient (Wildman–Crippen LogP) is 5.95. The number of rotatable bonds is 6. The van der Waals surface area contributed by atoms with Gasteiger partial charge in [-0.1, -0.05) is 36.4 Å². The van der Waals surface area contributed by atoms with Crippen LogP contribution in [0, 0.1) is 11.3 Å². The molecule has 194 valence electrons. The van der Waals surface area contributed by atoms with E-state index in [1.807, 2.05) is 11.0 Å². The largest absolute Gasteiger partial charge is 0.573 e. The molecule has 0 bridgehead atoms. The Kier molecular flexibility index (Phi) is 7.23. The average Bonchev–Trinajstić information content (AvgIpc) is 2.84. The second kappa shape index (κ2) is 10.2. The van der Waals surface area contributed by atoms with Crippen LogP contribution in [-0.4, -0.2) is 36.8 Å². The van der Waals surface area contributed by atoms with Crippen LogP contribution in [0.25, 0.3) is 0 Å². The van der Waals surface area contributed by atoms with E-state index in [0.29, 0.717) is 28.1 Å². The van der Waals surface area contributed by atoms with Crippen LogP contribution in [0.2, 0.25) is 0 Å². The maximum atomic E-state index is 13.3. The number of aliphatic hydroxyl groups excluding tert-OH is 1. The van der Waals surface area contributed by atoms with Gasteiger partial charge in [-0.2, -0.15) is 18.4 Å². The SMILES string of the molecule is N#Cc1cccc(C2CN(Cc3cccc(OC(F)(F)F)c3)c3ccccc3N2CC(O)C(F)(F)F)c1. The number of aliphatic hydroxyl groups is 1. The van der Waals surface area contributed by atoms with E-state index in [1.54, 1.807) is 54.6 Å². The number of hydrogen-bond donors (Lipinski definition) is 1. The normalized spacial score (nSPS) is 16.6. The Labute approximate surface area is 208 Å². The minimum Gasteiger partial charge on any atom is -0.406 e. The summed E-state index contributed by atoms with van der Waals surface area (Å²) in [7, 11) is 0. The zero-order valence-corrected chi connectivity index (χ0v) is 19.2. The van der Waals surface area contributed by atoms with Gasteiger partial charge in [0.25, 0.3) is 0 Å². The third kappa shape index (κ3) is 6.27. The Morgan fingerprint density at radius 3 is 2.32 bits per heavy atom. The highest BCUT2D eigenvalue weighted by molar-refractivity contribution is 5.75. The van der Waals surface area contributed by atoms with Crippen LogP contribution in [0.5, 0.6) is 5.75 Å². The molecule has 0 radical (unpaired) electrons. The summed E-state index contributed by atoms with van der Waals surface area (Å²) in [6.07, 6.45) is -12.3. The third-order valence-corrected chi connectivity index (χ3v) is 5.95. The van der Waals surface area contributed by atoms with Gasteiger partial charge in [-0.05, 0) is 47.5 Å². The number of nitrogens with zero attached hydrogens (tertiary/aromatic N) is 3. The molecule has 2 unspecified atom stereocenters. The highest BCUT2D eigenvalue weighted by Gasteiger charge is 2.42. The molecular formula is C26H21F6N3O2. The van der Waals surface area contributed by atoms with E-state index in [2.05, 4.69) is 4.74 Å². The monoisotopic (exact) mass is 521 g/mol. The van der Waals surface area contributed by atoms with Gasteiger partial charge >= 0.3 is 12.5 Å². The van der Waals surface area contributed by atoms with Crippen molar-refractivity contribution in [1.82, 2.24) is 0 Å². The summed E-state index contributed by atoms with van der Waals surface area (Å²) < 4.78 is 82.1. The van der Waals surface area contributed by atoms with Crippen LogP contribution < -0.4 is 14.5 Å². The minimum absolute atomic E-state index is 0.135. The summed E-state index contributed by atoms with van der Waals surface area (Å²) in [5.74, 6) is -0.386. The third-order valence-electron chi connectivity index (χ3n) is 5.95. The van der Waals surface area contributed by atoms with Crippen LogP contribution in [-0.2, 0) is 6.54 Å². The molecule has 5 nitrogen and oxygen atoms in total. The minimum atomic E-state index is -4.85. The van der Waals surface area contributed by atoms with Crippen molar-refractivity contribution in [2.45, 2.75) is 31.2 Å². The number of halogens is 6. The molecule has 3 aromatic rings. The van der Waals surface area contributed by atoms with Crippen LogP contribution in [0.1, 0.15) is 22.7 Å². The summed E-state index contributed by atoms with van der Waals surface area (Å²) in [6, 6.07) is 19.9. The lowest BCUT2D eigenvalue weighted by atomic mass is 9.97. The van der Waals surface area contributed by atoms with E-state index < -0.39 is 31.2 Å². The van der Waals surface area contributed by atoms with E-state index in [4.69, 9.17) is 0 Å². The molecule has 0 aromatic heterocycles. The summed E-state index contributed by atoms with van der Waals surface area (Å²) in [5.41, 5.74) is 2.32. The standard InChI is InChI=1S/C26H21F6N3O2/c27-25(28,29)24(36)16-35-22-10-2-1-9-21(22)34(15-23(35)19-7-3-5-17(11-19)13-33)14-18-6-4-8-20(12-18)37-26(30,31)32/h1-12,23-24,36H,14-16H2. The smallest absolute Gasteiger partial charge is 0.406 e. The maximum Gasteiger partial charge on any atom is 0.573 e. The van der Waals surface area contributed by atoms with Crippen LogP contribution in [0.4, 0.5) is 37.7 Å². The molecule has 1 aliphatic heterocycles. The molecule has 2 atom stereocenters. The second-order valence-corrected chi connectivity index (χ2v) is 8.53. The molecule has 1 aliphatic rings. The lowest BCUT2D eigenvalue weighted by molar-refractivity contribution is -0.274. The fourth-order valence-corrected chi connectivity index (χ4v) is 4.38. The van der Waals surface area contributed by atoms with Crippen molar-refractivity contribution in [3.05, 3.63) is 89.5 Å². The van der Waals surface area contributed by atoms with Gasteiger partial charge in [0.2, 0.25) is 0 Å². The van der Waals surface area contributed by atoms with Crippen molar-refractivity contribution in [3.63, 3.8) is 0 Å². The van der Waals surface area contributed by atoms with Gasteiger partial charge in [0.15, 0.2) is 6.10 Å². The molecule has 0 fully saturated rings. The van der Waals surface area contributed by atoms with E-state index in [-0.39, 0.29) is 18.8 Å². The summed E-state index contributed by atoms with van der Waals surface area (Å²) in [5, 5.41) is 19.2. The lowest BCUT2D eigenvalue weighted by Gasteiger charge is -2.45. The zero-order chi connectivity index (χ0) is 26.8. The number of hydrogen-bond acceptors (Lipinski definition) is 5. The van der Waals surface area contributed by atoms with Crippen molar-refractivity contribution in [1.29, 1.82) is 5.26 Å². The van der Waals surface area contributed by atoms with Gasteiger partial charge in [0, 0.05) is 13.1 Å². The topological polar surface area (TPSA) is 59.7 Å². The number of ether oxygens (including phenoxy) is 1. The Bertz CT molecular complexity index is 1290. The molecule has 1 N–H and O–H groups in total. The molecule has 0 saturated heterocycles. The van der Waals surface area contributed by atoms with E-state index in [9.17, 15) is 36.7 Å². The quantitative estimate of drug-likeness (QED) is 0.407. The molecule has 11 heteroatoms. The van der Waals surface area contributed by atoms with Crippen molar-refractivity contribution >= 4 is 11.4 Å². The summed E-state index contributed by atoms with van der Waals surface area (Å²) >= 11 is 0. The summed E-state index contributed by atoms with van der Waals surface area (Å²) in [4.78, 5) is 3.28. The molecule has 3 aromatic carbocycles. The Morgan fingerprint density at radius 1 is 0.946 bits per heavy atom. The fraction of sp³-hybridized carbons (Fsp3) is 0.269. The molecule has 4 rings (SSSR count). The van der Waals surface area contributed by atoms with Gasteiger partial charge < -0.3 is 19.6 Å². The van der Waals surface area contributed by atoms with Crippen molar-refractivity contribution < 1.29 is 36.2 Å². The molecule has 0 amide bonds. The molecular weight excluding hydrogens is 500 g/mol. The number of fused-ring (bicyclic) bond motifs is 1. The first-order chi connectivity index (χ1) is 17.4. The first-order valence-electron chi connectivity index (χ1n) is 11.1. The van der Waals surface area contributed by atoms with Crippen LogP contribution >= 0.6 is 0 Å². The average molecular weight is 521 g/mol. The van der Waals surface area contributed by atoms with Crippen molar-refractivity contribution in [2.24, 2.45) is 0 Å². The highest BCUT2D eigenvalue weighted by Crippen LogP contribution is 2.42. The van der Waals surface area contributed by atoms with E-state index in [1.165, 1.54) is 23.1 Å². The number of nitriles is 1. The van der Waals surface area contributed by atoms with Gasteiger partial charge in [0.1, 0.15) is 5.75 Å². The van der Waals surface area contributed by atoms with Crippen molar-refractivity contribution in [2.75, 3.05) is 22.9 Å². The number of benzene rings is 3. The molecule has 1 heterocycles. The van der Waals surface area contributed by atoms with Crippen LogP contribution in [0.3, 0.4) is 0 Å². The molecule has 0 spiro atoms. The Morgan fingerprint density at radius 2 is 1.65 bits per heavy atom. The van der Waals surface area contributed by atoms with Gasteiger partial charge in [0.05, 0.1) is 35.6 Å². The number of para-hydroxylation sites is 2. The van der Waals surface area contributed by atoms with Crippen molar-refractivity contribution in [3.8, 4) is 11.8 Å². The zero-order valence-electron chi connectivity index (χ0n) is 19.2. The summed E-state index contributed by atoms with van der Waals surface area (Å²) in [6.45, 7) is -0.471. The van der Waals surface area contributed by atoms with Gasteiger partial charge in [-0.3, -0.25) is 0 Å². The lowest BCUT2D eigenvalue weighted by Crippen LogP contribution is -2.49. The molecule has 0 aliphatic carbocycles. The van der Waals surface area contributed by atoms with E-state index >= 15 is 0 Å². The number of anilines is 2. The van der Waals surface area contributed by atoms with Crippen LogP contribution in [0.15, 0.2) is 72.8 Å². The van der Waals surface area contributed by atoms with Gasteiger partial charge in [-0.15, -0.1) is 13.2 Å². The Balaban J connectivity index is 1.74. The Hall–Kier alpha value is -3.91. The molecule has 0 saturated carbocycles. The highest BCUT2D eigenvalue weighted by atomic mass is 19.4. The van der Waals surface area contributed by atoms with Gasteiger partial charge in [-0.25, -0.2) is 0 Å². The predicted molar refractivity (Wildman–Crippen MR) is 124 cm³/mol. The maximum absolute atomic E-state index is 13.3. The second-order valence-electron chi connectivity index (χ2n) is 8.53. The first-order valence-corrected chi connectivity index (χ1v) is 11.1. The fourth-order valence-electron chi connectivity index (χ4n) is 4.38.